The number of rotatable bonds is 5. The molecule has 2 saturated heterocycles. The molecule has 1 aromatic heterocycles. The van der Waals surface area contributed by atoms with E-state index >= 15 is 0 Å². The molecule has 2 fully saturated rings. The highest BCUT2D eigenvalue weighted by Crippen LogP contribution is 2.31. The average Bonchev–Trinajstić information content (AvgIpc) is 3.16. The number of carbonyl (C=O) groups excluding carboxylic acids is 3. The van der Waals surface area contributed by atoms with E-state index in [2.05, 4.69) is 26.2 Å². The summed E-state index contributed by atoms with van der Waals surface area (Å²) in [4.78, 5) is 44.8. The summed E-state index contributed by atoms with van der Waals surface area (Å²) in [5, 5.41) is 2.86. The van der Waals surface area contributed by atoms with E-state index in [1.165, 1.54) is 0 Å². The zero-order valence-corrected chi connectivity index (χ0v) is 18.5. The maximum atomic E-state index is 12.7. The fourth-order valence-electron chi connectivity index (χ4n) is 4.10. The number of para-hydroxylation sites is 1. The molecule has 0 bridgehead atoms. The maximum absolute atomic E-state index is 12.7. The Balaban J connectivity index is 1.37. The Morgan fingerprint density at radius 2 is 1.94 bits per heavy atom. The van der Waals surface area contributed by atoms with Crippen LogP contribution in [0.25, 0.3) is 0 Å². The summed E-state index contributed by atoms with van der Waals surface area (Å²) in [6, 6.07) is 11.1. The van der Waals surface area contributed by atoms with Crippen molar-refractivity contribution in [2.75, 3.05) is 34.8 Å². The number of nitrogens with one attached hydrogen (secondary N) is 1. The topological polar surface area (TPSA) is 109 Å². The molecule has 0 spiro atoms. The molecule has 2 aliphatic heterocycles. The van der Waals surface area contributed by atoms with Crippen molar-refractivity contribution >= 4 is 50.8 Å². The van der Waals surface area contributed by atoms with Gasteiger partial charge in [-0.05, 0) is 53.0 Å². The van der Waals surface area contributed by atoms with E-state index in [-0.39, 0.29) is 30.1 Å². The van der Waals surface area contributed by atoms with Crippen LogP contribution in [0, 0.1) is 11.8 Å². The molecular formula is C22H24BrN5O3. The molecule has 3 heterocycles. The lowest BCUT2D eigenvalue weighted by Crippen LogP contribution is -2.41. The van der Waals surface area contributed by atoms with Gasteiger partial charge >= 0.3 is 0 Å². The highest BCUT2D eigenvalue weighted by molar-refractivity contribution is 9.10. The molecule has 2 aliphatic rings. The summed E-state index contributed by atoms with van der Waals surface area (Å²) >= 11 is 3.46. The largest absolute Gasteiger partial charge is 0.369 e. The second kappa shape index (κ2) is 9.05. The van der Waals surface area contributed by atoms with Crippen molar-refractivity contribution in [2.24, 2.45) is 17.6 Å². The normalized spacial score (nSPS) is 21.3. The molecule has 31 heavy (non-hydrogen) atoms. The summed E-state index contributed by atoms with van der Waals surface area (Å²) in [6.45, 7) is 1.71. The third-order valence-corrected chi connectivity index (χ3v) is 6.47. The van der Waals surface area contributed by atoms with E-state index in [9.17, 15) is 14.4 Å². The minimum atomic E-state index is -0.433. The number of pyridine rings is 1. The SMILES string of the molecule is NC(=O)C1CCCN(c2ccc(NC(=O)C3CC(=O)N(c4ccccc4Br)C3)cn2)C1. The fraction of sp³-hybridized carbons (Fsp3) is 0.364. The number of carbonyl (C=O) groups is 3. The predicted octanol–water partition coefficient (Wildman–Crippen LogP) is 2.54. The fourth-order valence-corrected chi connectivity index (χ4v) is 4.59. The van der Waals surface area contributed by atoms with Crippen molar-refractivity contribution in [3.05, 3.63) is 47.1 Å². The third-order valence-electron chi connectivity index (χ3n) is 5.80. The van der Waals surface area contributed by atoms with Crippen molar-refractivity contribution in [3.8, 4) is 0 Å². The smallest absolute Gasteiger partial charge is 0.229 e. The molecule has 3 N–H and O–H groups in total. The molecular weight excluding hydrogens is 462 g/mol. The molecule has 3 amide bonds. The minimum Gasteiger partial charge on any atom is -0.369 e. The molecule has 0 aliphatic carbocycles. The van der Waals surface area contributed by atoms with Crippen molar-refractivity contribution < 1.29 is 14.4 Å². The first-order chi connectivity index (χ1) is 14.9. The van der Waals surface area contributed by atoms with Gasteiger partial charge in [-0.25, -0.2) is 4.98 Å². The highest BCUT2D eigenvalue weighted by Gasteiger charge is 2.36. The van der Waals surface area contributed by atoms with Crippen molar-refractivity contribution in [2.45, 2.75) is 19.3 Å². The number of anilines is 3. The van der Waals surface area contributed by atoms with Crippen LogP contribution in [0.5, 0.6) is 0 Å². The summed E-state index contributed by atoms with van der Waals surface area (Å²) in [5.41, 5.74) is 6.79. The Hall–Kier alpha value is -2.94. The zero-order valence-electron chi connectivity index (χ0n) is 17.0. The van der Waals surface area contributed by atoms with Gasteiger partial charge in [0.05, 0.1) is 29.4 Å². The number of halogens is 1. The third kappa shape index (κ3) is 4.71. The van der Waals surface area contributed by atoms with Gasteiger partial charge in [0.2, 0.25) is 17.7 Å². The summed E-state index contributed by atoms with van der Waals surface area (Å²) in [5.74, 6) is -0.407. The van der Waals surface area contributed by atoms with Crippen molar-refractivity contribution in [1.82, 2.24) is 4.98 Å². The quantitative estimate of drug-likeness (QED) is 0.676. The maximum Gasteiger partial charge on any atom is 0.229 e. The van der Waals surface area contributed by atoms with E-state index in [1.54, 1.807) is 17.2 Å². The molecule has 0 radical (unpaired) electrons. The Morgan fingerprint density at radius 3 is 2.65 bits per heavy atom. The van der Waals surface area contributed by atoms with Gasteiger partial charge in [-0.2, -0.15) is 0 Å². The number of nitrogens with zero attached hydrogens (tertiary/aromatic N) is 3. The van der Waals surface area contributed by atoms with Gasteiger partial charge in [0.1, 0.15) is 5.82 Å². The minimum absolute atomic E-state index is 0.0744. The van der Waals surface area contributed by atoms with E-state index in [0.29, 0.717) is 18.8 Å². The predicted molar refractivity (Wildman–Crippen MR) is 122 cm³/mol. The van der Waals surface area contributed by atoms with E-state index < -0.39 is 5.92 Å². The lowest BCUT2D eigenvalue weighted by Gasteiger charge is -2.32. The number of amides is 3. The monoisotopic (exact) mass is 485 g/mol. The number of primary amides is 1. The lowest BCUT2D eigenvalue weighted by molar-refractivity contribution is -0.122. The summed E-state index contributed by atoms with van der Waals surface area (Å²) < 4.78 is 0.820. The molecule has 162 valence electrons. The lowest BCUT2D eigenvalue weighted by atomic mass is 9.97. The molecule has 4 rings (SSSR count). The Labute approximate surface area is 188 Å². The zero-order chi connectivity index (χ0) is 22.0. The number of benzene rings is 1. The van der Waals surface area contributed by atoms with Gasteiger partial charge in [-0.15, -0.1) is 0 Å². The van der Waals surface area contributed by atoms with Crippen LogP contribution in [-0.4, -0.2) is 42.3 Å². The second-order valence-electron chi connectivity index (χ2n) is 7.94. The summed E-state index contributed by atoms with van der Waals surface area (Å²) in [7, 11) is 0. The number of nitrogens with two attached hydrogens (primary N) is 1. The Bertz CT molecular complexity index is 997. The van der Waals surface area contributed by atoms with Crippen LogP contribution in [0.1, 0.15) is 19.3 Å². The number of piperidine rings is 1. The number of hydrogen-bond acceptors (Lipinski definition) is 5. The molecule has 9 heteroatoms. The first-order valence-electron chi connectivity index (χ1n) is 10.3. The molecule has 2 aromatic rings. The number of hydrogen-bond donors (Lipinski definition) is 2. The van der Waals surface area contributed by atoms with Crippen LogP contribution in [0.4, 0.5) is 17.2 Å². The first kappa shape index (κ1) is 21.3. The Morgan fingerprint density at radius 1 is 1.13 bits per heavy atom. The first-order valence-corrected chi connectivity index (χ1v) is 11.1. The van der Waals surface area contributed by atoms with Gasteiger partial charge in [0.15, 0.2) is 0 Å². The van der Waals surface area contributed by atoms with Crippen LogP contribution < -0.4 is 20.9 Å². The molecule has 1 aromatic carbocycles. The van der Waals surface area contributed by atoms with Crippen LogP contribution in [0.3, 0.4) is 0 Å². The van der Waals surface area contributed by atoms with Crippen molar-refractivity contribution in [1.29, 1.82) is 0 Å². The van der Waals surface area contributed by atoms with Crippen LogP contribution in [0.15, 0.2) is 47.1 Å². The van der Waals surface area contributed by atoms with Gasteiger partial charge < -0.3 is 20.9 Å². The molecule has 0 saturated carbocycles. The standard InChI is InChI=1S/C22H24BrN5O3/c23-17-5-1-2-6-18(17)28-13-15(10-20(28)29)22(31)26-16-7-8-19(25-11-16)27-9-3-4-14(12-27)21(24)30/h1-2,5-8,11,14-15H,3-4,9-10,12-13H2,(H2,24,30)(H,26,31). The Kier molecular flexibility index (Phi) is 6.22. The highest BCUT2D eigenvalue weighted by atomic mass is 79.9. The van der Waals surface area contributed by atoms with E-state index in [4.69, 9.17) is 5.73 Å². The van der Waals surface area contributed by atoms with Crippen LogP contribution in [-0.2, 0) is 14.4 Å². The molecule has 2 atom stereocenters. The van der Waals surface area contributed by atoms with Crippen LogP contribution in [0.2, 0.25) is 0 Å². The molecule has 2 unspecified atom stereocenters. The van der Waals surface area contributed by atoms with E-state index in [0.717, 1.165) is 35.4 Å². The second-order valence-corrected chi connectivity index (χ2v) is 8.79. The van der Waals surface area contributed by atoms with Gasteiger partial charge in [0, 0.05) is 30.5 Å². The van der Waals surface area contributed by atoms with Gasteiger partial charge in [-0.1, -0.05) is 12.1 Å². The number of aromatic nitrogens is 1. The van der Waals surface area contributed by atoms with E-state index in [1.807, 2.05) is 35.2 Å². The molecule has 8 nitrogen and oxygen atoms in total. The van der Waals surface area contributed by atoms with Gasteiger partial charge in [-0.3, -0.25) is 14.4 Å². The van der Waals surface area contributed by atoms with Gasteiger partial charge in [0.25, 0.3) is 0 Å². The summed E-state index contributed by atoms with van der Waals surface area (Å²) in [6.07, 6.45) is 3.46. The van der Waals surface area contributed by atoms with Crippen LogP contribution >= 0.6 is 15.9 Å². The average molecular weight is 486 g/mol. The van der Waals surface area contributed by atoms with Crippen molar-refractivity contribution in [3.63, 3.8) is 0 Å².